The van der Waals surface area contributed by atoms with E-state index < -0.39 is 5.97 Å². The van der Waals surface area contributed by atoms with Gasteiger partial charge in [-0.25, -0.2) is 4.79 Å². The van der Waals surface area contributed by atoms with Gasteiger partial charge in [-0.2, -0.15) is 0 Å². The second kappa shape index (κ2) is 9.33. The fourth-order valence-corrected chi connectivity index (χ4v) is 4.38. The zero-order valence-corrected chi connectivity index (χ0v) is 17.9. The monoisotopic (exact) mass is 420 g/mol. The Morgan fingerprint density at radius 2 is 1.81 bits per heavy atom. The van der Waals surface area contributed by atoms with Crippen molar-refractivity contribution in [3.8, 4) is 0 Å². The topological polar surface area (TPSA) is 75.7 Å². The predicted molar refractivity (Wildman–Crippen MR) is 118 cm³/mol. The summed E-state index contributed by atoms with van der Waals surface area (Å²) in [6.07, 6.45) is 5.89. The van der Waals surface area contributed by atoms with E-state index in [-0.39, 0.29) is 24.5 Å². The number of carbonyl (C=O) groups excluding carboxylic acids is 3. The van der Waals surface area contributed by atoms with Gasteiger partial charge in [0.05, 0.1) is 17.3 Å². The Bertz CT molecular complexity index is 1000. The van der Waals surface area contributed by atoms with E-state index in [1.807, 2.05) is 6.92 Å². The number of benzene rings is 2. The molecule has 1 unspecified atom stereocenters. The number of nitrogens with zero attached hydrogens (tertiary/aromatic N) is 1. The molecule has 2 aliphatic rings. The van der Waals surface area contributed by atoms with Gasteiger partial charge >= 0.3 is 5.97 Å². The van der Waals surface area contributed by atoms with Crippen LogP contribution in [0.3, 0.4) is 0 Å². The van der Waals surface area contributed by atoms with E-state index in [1.165, 1.54) is 24.0 Å². The van der Waals surface area contributed by atoms with Crippen LogP contribution >= 0.6 is 0 Å². The lowest BCUT2D eigenvalue weighted by molar-refractivity contribution is -0.125. The second-order valence-corrected chi connectivity index (χ2v) is 8.27. The van der Waals surface area contributed by atoms with Crippen molar-refractivity contribution in [3.63, 3.8) is 0 Å². The first-order valence-electron chi connectivity index (χ1n) is 11.0. The van der Waals surface area contributed by atoms with Gasteiger partial charge in [0.25, 0.3) is 5.91 Å². The highest BCUT2D eigenvalue weighted by atomic mass is 16.5. The molecule has 1 N–H and O–H groups in total. The lowest BCUT2D eigenvalue weighted by Gasteiger charge is -2.20. The third kappa shape index (κ3) is 4.79. The molecule has 1 atom stereocenters. The van der Waals surface area contributed by atoms with Gasteiger partial charge in [0.2, 0.25) is 5.91 Å². The average Bonchev–Trinajstić information content (AvgIpc) is 3.22. The Morgan fingerprint density at radius 3 is 2.58 bits per heavy atom. The van der Waals surface area contributed by atoms with Crippen LogP contribution in [0.15, 0.2) is 42.5 Å². The van der Waals surface area contributed by atoms with Gasteiger partial charge in [-0.1, -0.05) is 30.3 Å². The van der Waals surface area contributed by atoms with Gasteiger partial charge in [0.15, 0.2) is 6.61 Å². The van der Waals surface area contributed by atoms with Gasteiger partial charge in [0, 0.05) is 13.0 Å². The van der Waals surface area contributed by atoms with Crippen molar-refractivity contribution in [2.45, 2.75) is 51.5 Å². The number of rotatable bonds is 6. The summed E-state index contributed by atoms with van der Waals surface area (Å²) < 4.78 is 5.26. The van der Waals surface area contributed by atoms with Crippen LogP contribution in [-0.2, 0) is 27.2 Å². The fraction of sp³-hybridized carbons (Fsp3) is 0.400. The molecule has 1 aliphatic heterocycles. The fourth-order valence-electron chi connectivity index (χ4n) is 4.38. The van der Waals surface area contributed by atoms with Gasteiger partial charge in [0.1, 0.15) is 0 Å². The second-order valence-electron chi connectivity index (χ2n) is 8.27. The lowest BCUT2D eigenvalue weighted by atomic mass is 9.89. The number of amides is 2. The highest BCUT2D eigenvalue weighted by Gasteiger charge is 2.26. The molecule has 162 valence electrons. The van der Waals surface area contributed by atoms with Crippen molar-refractivity contribution in [1.82, 2.24) is 5.32 Å². The number of aryl methyl sites for hydroxylation is 2. The van der Waals surface area contributed by atoms with E-state index >= 15 is 0 Å². The van der Waals surface area contributed by atoms with Crippen LogP contribution in [0.2, 0.25) is 0 Å². The van der Waals surface area contributed by atoms with Crippen LogP contribution in [-0.4, -0.2) is 30.9 Å². The molecule has 2 amide bonds. The Hall–Kier alpha value is -3.15. The molecular weight excluding hydrogens is 392 g/mol. The lowest BCUT2D eigenvalue weighted by Crippen LogP contribution is -2.31. The van der Waals surface area contributed by atoms with E-state index in [1.54, 1.807) is 29.2 Å². The van der Waals surface area contributed by atoms with E-state index in [2.05, 4.69) is 23.5 Å². The van der Waals surface area contributed by atoms with Crippen molar-refractivity contribution in [1.29, 1.82) is 0 Å². The number of fused-ring (bicyclic) bond motifs is 1. The maximum Gasteiger partial charge on any atom is 0.340 e. The largest absolute Gasteiger partial charge is 0.452 e. The molecule has 1 heterocycles. The van der Waals surface area contributed by atoms with Crippen LogP contribution in [0.25, 0.3) is 0 Å². The van der Waals surface area contributed by atoms with Crippen LogP contribution in [0, 0.1) is 0 Å². The number of anilines is 1. The minimum absolute atomic E-state index is 0.00290. The SMILES string of the molecule is CC(NC(=O)COC(=O)c1ccccc1N1CCCC1=O)c1ccc2c(c1)CCCC2. The summed E-state index contributed by atoms with van der Waals surface area (Å²) in [5, 5.41) is 2.91. The average molecular weight is 421 g/mol. The van der Waals surface area contributed by atoms with Crippen LogP contribution in [0.5, 0.6) is 0 Å². The molecule has 0 saturated carbocycles. The quantitative estimate of drug-likeness (QED) is 0.723. The number of para-hydroxylation sites is 1. The third-order valence-electron chi connectivity index (χ3n) is 6.07. The molecule has 1 aliphatic carbocycles. The van der Waals surface area contributed by atoms with Crippen molar-refractivity contribution in [3.05, 3.63) is 64.7 Å². The number of carbonyl (C=O) groups is 3. The Labute approximate surface area is 182 Å². The van der Waals surface area contributed by atoms with Crippen molar-refractivity contribution in [2.75, 3.05) is 18.1 Å². The highest BCUT2D eigenvalue weighted by Crippen LogP contribution is 2.26. The van der Waals surface area contributed by atoms with Gasteiger partial charge in [-0.15, -0.1) is 0 Å². The Morgan fingerprint density at radius 1 is 1.03 bits per heavy atom. The number of hydrogen-bond donors (Lipinski definition) is 1. The Kier molecular flexibility index (Phi) is 6.35. The minimum atomic E-state index is -0.605. The number of ether oxygens (including phenoxy) is 1. The summed E-state index contributed by atoms with van der Waals surface area (Å²) in [6, 6.07) is 13.1. The van der Waals surface area contributed by atoms with Crippen molar-refractivity contribution in [2.24, 2.45) is 0 Å². The normalized spacial score (nSPS) is 16.5. The van der Waals surface area contributed by atoms with Gasteiger partial charge in [-0.05, 0) is 67.9 Å². The summed E-state index contributed by atoms with van der Waals surface area (Å²) in [6.45, 7) is 2.15. The molecule has 6 heteroatoms. The molecule has 31 heavy (non-hydrogen) atoms. The molecule has 0 radical (unpaired) electrons. The first-order valence-corrected chi connectivity index (χ1v) is 11.0. The van der Waals surface area contributed by atoms with E-state index in [0.717, 1.165) is 24.8 Å². The van der Waals surface area contributed by atoms with Crippen LogP contribution in [0.1, 0.15) is 65.7 Å². The summed E-state index contributed by atoms with van der Waals surface area (Å²) in [7, 11) is 0. The molecule has 0 spiro atoms. The molecular formula is C25H28N2O4. The Balaban J connectivity index is 1.35. The summed E-state index contributed by atoms with van der Waals surface area (Å²) in [5.41, 5.74) is 4.66. The molecule has 0 bridgehead atoms. The number of hydrogen-bond acceptors (Lipinski definition) is 4. The van der Waals surface area contributed by atoms with E-state index in [9.17, 15) is 14.4 Å². The van der Waals surface area contributed by atoms with Crippen LogP contribution < -0.4 is 10.2 Å². The molecule has 4 rings (SSSR count). The van der Waals surface area contributed by atoms with Crippen molar-refractivity contribution >= 4 is 23.5 Å². The highest BCUT2D eigenvalue weighted by molar-refractivity contribution is 6.03. The molecule has 1 saturated heterocycles. The molecule has 2 aromatic carbocycles. The summed E-state index contributed by atoms with van der Waals surface area (Å²) in [5.74, 6) is -0.961. The van der Waals surface area contributed by atoms with Gasteiger partial charge in [-0.3, -0.25) is 9.59 Å². The number of esters is 1. The third-order valence-corrected chi connectivity index (χ3v) is 6.07. The maximum atomic E-state index is 12.6. The summed E-state index contributed by atoms with van der Waals surface area (Å²) >= 11 is 0. The van der Waals surface area contributed by atoms with E-state index in [4.69, 9.17) is 4.74 Å². The summed E-state index contributed by atoms with van der Waals surface area (Å²) in [4.78, 5) is 38.7. The number of nitrogens with one attached hydrogen (secondary N) is 1. The first-order chi connectivity index (χ1) is 15.0. The standard InChI is InChI=1S/C25H28N2O4/c1-17(19-13-12-18-7-2-3-8-20(18)15-19)26-23(28)16-31-25(30)21-9-4-5-10-22(21)27-14-6-11-24(27)29/h4-5,9-10,12-13,15,17H,2-3,6-8,11,14,16H2,1H3,(H,26,28). The zero-order valence-electron chi connectivity index (χ0n) is 17.9. The molecule has 1 fully saturated rings. The predicted octanol–water partition coefficient (Wildman–Crippen LogP) is 3.73. The van der Waals surface area contributed by atoms with Gasteiger partial charge < -0.3 is 15.0 Å². The maximum absolute atomic E-state index is 12.6. The smallest absolute Gasteiger partial charge is 0.340 e. The zero-order chi connectivity index (χ0) is 21.8. The minimum Gasteiger partial charge on any atom is -0.452 e. The van der Waals surface area contributed by atoms with Crippen LogP contribution in [0.4, 0.5) is 5.69 Å². The molecule has 2 aromatic rings. The van der Waals surface area contributed by atoms with Crippen molar-refractivity contribution < 1.29 is 19.1 Å². The first kappa shape index (κ1) is 21.1. The molecule has 0 aromatic heterocycles. The molecule has 6 nitrogen and oxygen atoms in total. The van der Waals surface area contributed by atoms with E-state index in [0.29, 0.717) is 24.2 Å².